The molecule has 0 saturated carbocycles. The fraction of sp³-hybridized carbons (Fsp3) is 0. The molecule has 0 aliphatic rings. The number of anilines is 1. The summed E-state index contributed by atoms with van der Waals surface area (Å²) in [7, 11) is -8.81. The van der Waals surface area contributed by atoms with E-state index in [4.69, 9.17) is 9.88 Å². The average molecular weight is 382 g/mol. The first-order valence-corrected chi connectivity index (χ1v) is 8.82. The molecule has 124 valence electrons. The average Bonchev–Trinajstić information content (AvgIpc) is 2.35. The Kier molecular flexibility index (Phi) is 7.04. The summed E-state index contributed by atoms with van der Waals surface area (Å²) in [5, 5.41) is 4.76. The standard InChI is InChI=1S/C12H12N2O7S2.Na/c13-22(15,16)21-12-6-2-5-11(8-12)20-10-4-1-3-9(7-10)14-23(17,18)19;/h1-8,14H,(H2,13,15,16)(H,17,18,19);/q;+1/p-1. The van der Waals surface area contributed by atoms with Crippen molar-refractivity contribution in [2.75, 3.05) is 4.72 Å². The van der Waals surface area contributed by atoms with Gasteiger partial charge in [-0.1, -0.05) is 12.1 Å². The van der Waals surface area contributed by atoms with Gasteiger partial charge in [-0.25, -0.2) is 8.42 Å². The van der Waals surface area contributed by atoms with Gasteiger partial charge in [-0.2, -0.15) is 13.6 Å². The van der Waals surface area contributed by atoms with Gasteiger partial charge in [-0.3, -0.25) is 4.72 Å². The van der Waals surface area contributed by atoms with Crippen molar-refractivity contribution in [2.24, 2.45) is 5.14 Å². The van der Waals surface area contributed by atoms with E-state index in [1.807, 2.05) is 0 Å². The van der Waals surface area contributed by atoms with Crippen molar-refractivity contribution in [3.05, 3.63) is 48.5 Å². The molecule has 0 aliphatic heterocycles. The second-order valence-electron chi connectivity index (χ2n) is 4.24. The van der Waals surface area contributed by atoms with Crippen molar-refractivity contribution in [3.8, 4) is 17.2 Å². The Balaban J connectivity index is 0.00000288. The second kappa shape index (κ2) is 8.16. The molecule has 0 aromatic heterocycles. The van der Waals surface area contributed by atoms with Crippen LogP contribution in [0.5, 0.6) is 17.2 Å². The van der Waals surface area contributed by atoms with Crippen molar-refractivity contribution in [1.29, 1.82) is 0 Å². The first-order chi connectivity index (χ1) is 10.6. The van der Waals surface area contributed by atoms with Gasteiger partial charge in [0.05, 0.1) is 5.69 Å². The zero-order chi connectivity index (χ0) is 17.1. The fourth-order valence-electron chi connectivity index (χ4n) is 1.63. The summed E-state index contributed by atoms with van der Waals surface area (Å²) >= 11 is 0. The number of hydrogen-bond acceptors (Lipinski definition) is 7. The van der Waals surface area contributed by atoms with Gasteiger partial charge in [0.15, 0.2) is 10.3 Å². The van der Waals surface area contributed by atoms with Crippen LogP contribution in [-0.2, 0) is 20.6 Å². The van der Waals surface area contributed by atoms with Crippen LogP contribution in [0, 0.1) is 0 Å². The third kappa shape index (κ3) is 7.49. The third-order valence-corrected chi connectivity index (χ3v) is 3.24. The van der Waals surface area contributed by atoms with Gasteiger partial charge in [0.25, 0.3) is 0 Å². The van der Waals surface area contributed by atoms with Gasteiger partial charge in [0.1, 0.15) is 17.2 Å². The smallest absolute Gasteiger partial charge is 0.731 e. The summed E-state index contributed by atoms with van der Waals surface area (Å²) in [6, 6.07) is 11.2. The quantitative estimate of drug-likeness (QED) is 0.431. The predicted octanol–water partition coefficient (Wildman–Crippen LogP) is -2.06. The number of hydrogen-bond donors (Lipinski definition) is 2. The minimum absolute atomic E-state index is 0. The van der Waals surface area contributed by atoms with E-state index in [0.717, 1.165) is 0 Å². The summed E-state index contributed by atoms with van der Waals surface area (Å²) in [5.41, 5.74) is 0.0226. The molecule has 12 heteroatoms. The summed E-state index contributed by atoms with van der Waals surface area (Å²) in [4.78, 5) is 0. The number of nitrogens with two attached hydrogens (primary N) is 1. The first kappa shape index (κ1) is 20.7. The molecule has 0 aliphatic carbocycles. The van der Waals surface area contributed by atoms with Crippen LogP contribution >= 0.6 is 0 Å². The Morgan fingerprint density at radius 2 is 1.46 bits per heavy atom. The molecular formula is C12H11N2NaO7S2. The van der Waals surface area contributed by atoms with E-state index in [9.17, 15) is 21.4 Å². The Bertz CT molecular complexity index is 841. The van der Waals surface area contributed by atoms with Gasteiger partial charge < -0.3 is 13.5 Å². The molecule has 9 nitrogen and oxygen atoms in total. The minimum atomic E-state index is -4.65. The Hall–Kier alpha value is -1.34. The van der Waals surface area contributed by atoms with Gasteiger partial charge in [0.2, 0.25) is 0 Å². The van der Waals surface area contributed by atoms with Crippen molar-refractivity contribution in [2.45, 2.75) is 0 Å². The topological polar surface area (TPSA) is 148 Å². The molecule has 0 radical (unpaired) electrons. The molecule has 0 unspecified atom stereocenters. The molecule has 0 spiro atoms. The minimum Gasteiger partial charge on any atom is -0.731 e. The molecule has 0 fully saturated rings. The van der Waals surface area contributed by atoms with Crippen molar-refractivity contribution >= 4 is 26.3 Å². The molecule has 24 heavy (non-hydrogen) atoms. The maximum atomic E-state index is 10.9. The number of benzene rings is 2. The van der Waals surface area contributed by atoms with Crippen LogP contribution in [0.3, 0.4) is 0 Å². The Morgan fingerprint density at radius 1 is 0.917 bits per heavy atom. The predicted molar refractivity (Wildman–Crippen MR) is 80.0 cm³/mol. The fourth-order valence-corrected chi connectivity index (χ4v) is 2.41. The Labute approximate surface area is 161 Å². The monoisotopic (exact) mass is 382 g/mol. The summed E-state index contributed by atoms with van der Waals surface area (Å²) in [6.07, 6.45) is 0. The molecule has 0 saturated heterocycles. The van der Waals surface area contributed by atoms with Gasteiger partial charge in [-0.05, 0) is 24.3 Å². The van der Waals surface area contributed by atoms with Crippen molar-refractivity contribution in [1.82, 2.24) is 0 Å². The zero-order valence-corrected chi connectivity index (χ0v) is 16.0. The molecule has 0 amide bonds. The van der Waals surface area contributed by atoms with Crippen LogP contribution in [-0.4, -0.2) is 21.4 Å². The van der Waals surface area contributed by atoms with Gasteiger partial charge in [0, 0.05) is 12.1 Å². The zero-order valence-electron chi connectivity index (χ0n) is 12.4. The molecule has 2 aromatic carbocycles. The van der Waals surface area contributed by atoms with Crippen molar-refractivity contribution < 1.29 is 59.9 Å². The molecule has 0 heterocycles. The first-order valence-electron chi connectivity index (χ1n) is 5.94. The number of ether oxygens (including phenoxy) is 1. The van der Waals surface area contributed by atoms with Crippen LogP contribution in [0.15, 0.2) is 48.5 Å². The van der Waals surface area contributed by atoms with Crippen LogP contribution in [0.25, 0.3) is 0 Å². The largest absolute Gasteiger partial charge is 1.00 e. The Morgan fingerprint density at radius 3 is 2.04 bits per heavy atom. The van der Waals surface area contributed by atoms with Crippen LogP contribution < -0.4 is 48.3 Å². The number of rotatable bonds is 6. The summed E-state index contributed by atoms with van der Waals surface area (Å²) < 4.78 is 65.4. The summed E-state index contributed by atoms with van der Waals surface area (Å²) in [6.45, 7) is 0. The van der Waals surface area contributed by atoms with Gasteiger partial charge >= 0.3 is 39.9 Å². The second-order valence-corrected chi connectivity index (χ2v) is 6.50. The van der Waals surface area contributed by atoms with Crippen LogP contribution in [0.4, 0.5) is 5.69 Å². The molecule has 2 aromatic rings. The molecule has 0 bridgehead atoms. The van der Waals surface area contributed by atoms with E-state index in [1.165, 1.54) is 48.5 Å². The molecule has 0 atom stereocenters. The normalized spacial score (nSPS) is 11.2. The van der Waals surface area contributed by atoms with E-state index in [-0.39, 0.29) is 52.5 Å². The number of nitrogens with one attached hydrogen (secondary N) is 1. The molecular weight excluding hydrogens is 371 g/mol. The van der Waals surface area contributed by atoms with Crippen LogP contribution in [0.1, 0.15) is 0 Å². The third-order valence-electron chi connectivity index (χ3n) is 2.33. The van der Waals surface area contributed by atoms with E-state index in [2.05, 4.69) is 4.18 Å². The van der Waals surface area contributed by atoms with Crippen LogP contribution in [0.2, 0.25) is 0 Å². The van der Waals surface area contributed by atoms with E-state index >= 15 is 0 Å². The summed E-state index contributed by atoms with van der Waals surface area (Å²) in [5.74, 6) is 0.376. The van der Waals surface area contributed by atoms with Crippen molar-refractivity contribution in [3.63, 3.8) is 0 Å². The molecule has 3 N–H and O–H groups in total. The van der Waals surface area contributed by atoms with E-state index in [1.54, 1.807) is 4.72 Å². The van der Waals surface area contributed by atoms with Gasteiger partial charge in [-0.15, -0.1) is 0 Å². The molecule has 2 rings (SSSR count). The SMILES string of the molecule is NS(=O)(=O)Oc1cccc(Oc2cccc(NS(=O)(=O)[O-])c2)c1.[Na+]. The van der Waals surface area contributed by atoms with E-state index < -0.39 is 20.6 Å². The maximum absolute atomic E-state index is 10.9. The maximum Gasteiger partial charge on any atom is 1.00 e. The van der Waals surface area contributed by atoms with E-state index in [0.29, 0.717) is 0 Å².